The maximum Gasteiger partial charge on any atom is 0.0579 e. The van der Waals surface area contributed by atoms with Gasteiger partial charge in [-0.25, -0.2) is 0 Å². The lowest BCUT2D eigenvalue weighted by Crippen LogP contribution is -2.08. The average Bonchev–Trinajstić information content (AvgIpc) is 2.29. The maximum atomic E-state index is 5.95. The number of nitrogens with one attached hydrogen (secondary N) is 1. The van der Waals surface area contributed by atoms with E-state index in [0.717, 1.165) is 49.5 Å². The van der Waals surface area contributed by atoms with Crippen molar-refractivity contribution in [2.45, 2.75) is 26.7 Å². The molecule has 0 aliphatic rings. The second-order valence-corrected chi connectivity index (χ2v) is 3.93. The van der Waals surface area contributed by atoms with Crippen molar-refractivity contribution < 1.29 is 4.74 Å². The summed E-state index contributed by atoms with van der Waals surface area (Å²) in [5.41, 5.74) is 8.94. The Morgan fingerprint density at radius 3 is 2.88 bits per heavy atom. The van der Waals surface area contributed by atoms with Crippen LogP contribution in [0.15, 0.2) is 18.2 Å². The molecule has 3 heteroatoms. The molecule has 0 heterocycles. The third-order valence-electron chi connectivity index (χ3n) is 2.45. The van der Waals surface area contributed by atoms with Crippen molar-refractivity contribution in [3.63, 3.8) is 0 Å². The number of rotatable bonds is 7. The van der Waals surface area contributed by atoms with E-state index in [4.69, 9.17) is 10.5 Å². The van der Waals surface area contributed by atoms with Gasteiger partial charge >= 0.3 is 0 Å². The predicted octanol–water partition coefficient (Wildman–Crippen LogP) is 2.81. The summed E-state index contributed by atoms with van der Waals surface area (Å²) in [4.78, 5) is 0. The Labute approximate surface area is 98.0 Å². The van der Waals surface area contributed by atoms with Gasteiger partial charge < -0.3 is 15.8 Å². The van der Waals surface area contributed by atoms with Crippen molar-refractivity contribution in [3.8, 4) is 0 Å². The van der Waals surface area contributed by atoms with Gasteiger partial charge in [-0.1, -0.05) is 19.1 Å². The van der Waals surface area contributed by atoms with Crippen molar-refractivity contribution in [1.29, 1.82) is 0 Å². The van der Waals surface area contributed by atoms with Crippen LogP contribution in [0, 0.1) is 6.92 Å². The van der Waals surface area contributed by atoms with Gasteiger partial charge in [-0.05, 0) is 31.4 Å². The summed E-state index contributed by atoms with van der Waals surface area (Å²) in [7, 11) is 0. The largest absolute Gasteiger partial charge is 0.397 e. The number of benzene rings is 1. The van der Waals surface area contributed by atoms with Gasteiger partial charge in [0.1, 0.15) is 0 Å². The molecule has 90 valence electrons. The van der Waals surface area contributed by atoms with E-state index in [1.807, 2.05) is 25.1 Å². The van der Waals surface area contributed by atoms with Crippen molar-refractivity contribution in [3.05, 3.63) is 23.8 Å². The molecule has 3 nitrogen and oxygen atoms in total. The van der Waals surface area contributed by atoms with E-state index in [2.05, 4.69) is 12.2 Å². The Hall–Kier alpha value is -1.22. The van der Waals surface area contributed by atoms with Gasteiger partial charge in [0.05, 0.1) is 11.4 Å². The second kappa shape index (κ2) is 7.12. The Bertz CT molecular complexity index is 313. The van der Waals surface area contributed by atoms with Crippen LogP contribution in [0.4, 0.5) is 11.4 Å². The van der Waals surface area contributed by atoms with Gasteiger partial charge in [0.2, 0.25) is 0 Å². The highest BCUT2D eigenvalue weighted by atomic mass is 16.5. The van der Waals surface area contributed by atoms with Crippen molar-refractivity contribution in [2.75, 3.05) is 30.8 Å². The summed E-state index contributed by atoms with van der Waals surface area (Å²) in [6, 6.07) is 6.04. The lowest BCUT2D eigenvalue weighted by atomic mass is 10.2. The standard InChI is InChI=1S/C13H22N2O/c1-3-9-16-10-5-8-15-12-7-4-6-11(2)13(12)14/h4,6-7,15H,3,5,8-10,14H2,1-2H3. The van der Waals surface area contributed by atoms with E-state index in [9.17, 15) is 0 Å². The van der Waals surface area contributed by atoms with Crippen LogP contribution in [0.1, 0.15) is 25.3 Å². The molecule has 0 fully saturated rings. The normalized spacial score (nSPS) is 10.4. The highest BCUT2D eigenvalue weighted by Crippen LogP contribution is 2.21. The van der Waals surface area contributed by atoms with Crippen LogP contribution in [-0.2, 0) is 4.74 Å². The zero-order valence-electron chi connectivity index (χ0n) is 10.3. The molecule has 16 heavy (non-hydrogen) atoms. The molecule has 0 bridgehead atoms. The van der Waals surface area contributed by atoms with Crippen LogP contribution in [0.25, 0.3) is 0 Å². The van der Waals surface area contributed by atoms with E-state index >= 15 is 0 Å². The Morgan fingerprint density at radius 2 is 2.12 bits per heavy atom. The summed E-state index contributed by atoms with van der Waals surface area (Å²) in [6.45, 7) is 6.70. The molecule has 3 N–H and O–H groups in total. The highest BCUT2D eigenvalue weighted by Gasteiger charge is 1.99. The van der Waals surface area contributed by atoms with Crippen LogP contribution in [0.2, 0.25) is 0 Å². The Morgan fingerprint density at radius 1 is 1.31 bits per heavy atom. The van der Waals surface area contributed by atoms with Crippen LogP contribution in [0.5, 0.6) is 0 Å². The third-order valence-corrected chi connectivity index (χ3v) is 2.45. The summed E-state index contributed by atoms with van der Waals surface area (Å²) >= 11 is 0. The quantitative estimate of drug-likeness (QED) is 0.551. The summed E-state index contributed by atoms with van der Waals surface area (Å²) in [6.07, 6.45) is 2.09. The smallest absolute Gasteiger partial charge is 0.0579 e. The van der Waals surface area contributed by atoms with Crippen LogP contribution in [-0.4, -0.2) is 19.8 Å². The van der Waals surface area contributed by atoms with E-state index < -0.39 is 0 Å². The second-order valence-electron chi connectivity index (χ2n) is 3.93. The molecule has 0 aliphatic carbocycles. The zero-order valence-corrected chi connectivity index (χ0v) is 10.3. The first-order valence-corrected chi connectivity index (χ1v) is 5.92. The fourth-order valence-electron chi connectivity index (χ4n) is 1.48. The summed E-state index contributed by atoms with van der Waals surface area (Å²) < 4.78 is 5.40. The number of nitrogen functional groups attached to an aromatic ring is 1. The minimum atomic E-state index is 0.812. The third kappa shape index (κ3) is 4.11. The lowest BCUT2D eigenvalue weighted by Gasteiger charge is -2.10. The molecule has 0 spiro atoms. The van der Waals surface area contributed by atoms with E-state index in [1.54, 1.807) is 0 Å². The molecule has 0 radical (unpaired) electrons. The molecule has 0 aliphatic heterocycles. The SMILES string of the molecule is CCCOCCCNc1cccc(C)c1N. The molecular formula is C13H22N2O. The van der Waals surface area contributed by atoms with Crippen molar-refractivity contribution in [2.24, 2.45) is 0 Å². The van der Waals surface area contributed by atoms with Crippen LogP contribution >= 0.6 is 0 Å². The van der Waals surface area contributed by atoms with Crippen LogP contribution in [0.3, 0.4) is 0 Å². The van der Waals surface area contributed by atoms with Gasteiger partial charge in [0, 0.05) is 19.8 Å². The van der Waals surface area contributed by atoms with Gasteiger partial charge in [-0.3, -0.25) is 0 Å². The first-order valence-electron chi connectivity index (χ1n) is 5.92. The predicted molar refractivity (Wildman–Crippen MR) is 69.8 cm³/mol. The average molecular weight is 222 g/mol. The monoisotopic (exact) mass is 222 g/mol. The number of ether oxygens (including phenoxy) is 1. The molecule has 1 aromatic carbocycles. The fourth-order valence-corrected chi connectivity index (χ4v) is 1.48. The molecule has 0 saturated carbocycles. The first-order chi connectivity index (χ1) is 7.75. The highest BCUT2D eigenvalue weighted by molar-refractivity contribution is 5.69. The number of para-hydroxylation sites is 1. The minimum absolute atomic E-state index is 0.812. The zero-order chi connectivity index (χ0) is 11.8. The molecule has 0 saturated heterocycles. The lowest BCUT2D eigenvalue weighted by molar-refractivity contribution is 0.134. The molecule has 0 amide bonds. The van der Waals surface area contributed by atoms with Gasteiger partial charge in [0.15, 0.2) is 0 Å². The number of aryl methyl sites for hydroxylation is 1. The molecular weight excluding hydrogens is 200 g/mol. The summed E-state index contributed by atoms with van der Waals surface area (Å²) in [5.74, 6) is 0. The van der Waals surface area contributed by atoms with Crippen molar-refractivity contribution >= 4 is 11.4 Å². The number of hydrogen-bond acceptors (Lipinski definition) is 3. The first kappa shape index (κ1) is 12.8. The van der Waals surface area contributed by atoms with E-state index in [0.29, 0.717) is 0 Å². The Balaban J connectivity index is 2.24. The van der Waals surface area contributed by atoms with Gasteiger partial charge in [-0.2, -0.15) is 0 Å². The number of nitrogens with two attached hydrogens (primary N) is 1. The Kier molecular flexibility index (Phi) is 5.72. The molecule has 0 atom stereocenters. The molecule has 0 aromatic heterocycles. The summed E-state index contributed by atoms with van der Waals surface area (Å²) in [5, 5.41) is 3.33. The van der Waals surface area contributed by atoms with E-state index in [1.165, 1.54) is 0 Å². The number of anilines is 2. The molecule has 1 rings (SSSR count). The van der Waals surface area contributed by atoms with Gasteiger partial charge in [0.25, 0.3) is 0 Å². The maximum absolute atomic E-state index is 5.95. The minimum Gasteiger partial charge on any atom is -0.397 e. The molecule has 0 unspecified atom stereocenters. The number of hydrogen-bond donors (Lipinski definition) is 2. The topological polar surface area (TPSA) is 47.3 Å². The van der Waals surface area contributed by atoms with E-state index in [-0.39, 0.29) is 0 Å². The van der Waals surface area contributed by atoms with Crippen molar-refractivity contribution in [1.82, 2.24) is 0 Å². The molecule has 1 aromatic rings. The fraction of sp³-hybridized carbons (Fsp3) is 0.538. The van der Waals surface area contributed by atoms with Crippen LogP contribution < -0.4 is 11.1 Å². The van der Waals surface area contributed by atoms with Gasteiger partial charge in [-0.15, -0.1) is 0 Å².